The van der Waals surface area contributed by atoms with E-state index in [9.17, 15) is 23.5 Å². The Labute approximate surface area is 227 Å². The molecule has 0 fully saturated rings. The second kappa shape index (κ2) is 11.7. The van der Waals surface area contributed by atoms with Gasteiger partial charge in [0.2, 0.25) is 5.91 Å². The van der Waals surface area contributed by atoms with Crippen molar-refractivity contribution >= 4 is 34.4 Å². The second-order valence-corrected chi connectivity index (χ2v) is 9.22. The van der Waals surface area contributed by atoms with Crippen LogP contribution in [0.5, 0.6) is 5.75 Å². The van der Waals surface area contributed by atoms with Crippen LogP contribution < -0.4 is 10.1 Å². The van der Waals surface area contributed by atoms with Crippen molar-refractivity contribution in [1.29, 1.82) is 0 Å². The zero-order chi connectivity index (χ0) is 28.3. The first kappa shape index (κ1) is 27.9. The van der Waals surface area contributed by atoms with Crippen molar-refractivity contribution in [2.75, 3.05) is 7.11 Å². The molecule has 0 aliphatic carbocycles. The highest BCUT2D eigenvalue weighted by Crippen LogP contribution is 2.32. The molecule has 0 aliphatic rings. The largest absolute Gasteiger partial charge is 0.487 e. The van der Waals surface area contributed by atoms with Gasteiger partial charge in [-0.1, -0.05) is 23.7 Å². The molecule has 2 heterocycles. The third kappa shape index (κ3) is 6.32. The molecule has 2 aromatic heterocycles. The summed E-state index contributed by atoms with van der Waals surface area (Å²) in [5, 5.41) is 17.2. The molecule has 2 aromatic carbocycles. The van der Waals surface area contributed by atoms with Gasteiger partial charge in [0.05, 0.1) is 42.7 Å². The maximum Gasteiger partial charge on any atom is 0.335 e. The van der Waals surface area contributed by atoms with Crippen LogP contribution in [0.3, 0.4) is 0 Å². The number of carbonyl (C=O) groups excluding carboxylic acids is 2. The molecule has 0 aliphatic heterocycles. The average molecular weight is 559 g/mol. The maximum atomic E-state index is 14.3. The van der Waals surface area contributed by atoms with Gasteiger partial charge in [-0.3, -0.25) is 4.79 Å². The van der Waals surface area contributed by atoms with Gasteiger partial charge < -0.3 is 19.9 Å². The monoisotopic (exact) mass is 558 g/mol. The van der Waals surface area contributed by atoms with Gasteiger partial charge in [-0.05, 0) is 43.7 Å². The number of ether oxygens (including phenoxy) is 2. The number of halogens is 3. The third-order valence-corrected chi connectivity index (χ3v) is 6.31. The van der Waals surface area contributed by atoms with Crippen LogP contribution in [0.4, 0.5) is 8.78 Å². The Bertz CT molecular complexity index is 1540. The van der Waals surface area contributed by atoms with E-state index in [-0.39, 0.29) is 11.6 Å². The Balaban J connectivity index is 1.61. The lowest BCUT2D eigenvalue weighted by Crippen LogP contribution is -2.33. The lowest BCUT2D eigenvalue weighted by molar-refractivity contribution is -0.152. The van der Waals surface area contributed by atoms with E-state index in [1.165, 1.54) is 16.9 Å². The highest BCUT2D eigenvalue weighted by atomic mass is 35.5. The molecule has 0 saturated heterocycles. The van der Waals surface area contributed by atoms with Gasteiger partial charge in [0.25, 0.3) is 0 Å². The predicted molar refractivity (Wildman–Crippen MR) is 138 cm³/mol. The summed E-state index contributed by atoms with van der Waals surface area (Å²) in [5.41, 5.74) is 2.52. The van der Waals surface area contributed by atoms with Crippen molar-refractivity contribution in [1.82, 2.24) is 20.1 Å². The van der Waals surface area contributed by atoms with Gasteiger partial charge >= 0.3 is 5.97 Å². The lowest BCUT2D eigenvalue weighted by Gasteiger charge is -2.21. The standard InChI is InChI=1S/C27H25ClF2N4O5/c1-14-7-22(34-12-17(30)11-31-34)18-5-4-6-24(26(18)32-14)39-13-20-19(8-16(29)9-21(20)28)15(2)33-25(36)10-23(35)27(37)38-3/h4-9,11-12,15,23,35H,10,13H2,1-3H3,(H,33,36)/t15-,23-/m0/s1. The van der Waals surface area contributed by atoms with Crippen molar-refractivity contribution in [3.8, 4) is 11.4 Å². The van der Waals surface area contributed by atoms with E-state index in [0.29, 0.717) is 39.2 Å². The normalized spacial score (nSPS) is 12.7. The van der Waals surface area contributed by atoms with Crippen LogP contribution in [0, 0.1) is 18.6 Å². The molecule has 39 heavy (non-hydrogen) atoms. The molecule has 2 atom stereocenters. The summed E-state index contributed by atoms with van der Waals surface area (Å²) in [6.45, 7) is 3.30. The SMILES string of the molecule is COC(=O)[C@@H](O)CC(=O)N[C@@H](C)c1cc(F)cc(Cl)c1COc1cccc2c(-n3cc(F)cn3)cc(C)nc12. The summed E-state index contributed by atoms with van der Waals surface area (Å²) in [6.07, 6.45) is 0.198. The fourth-order valence-electron chi connectivity index (χ4n) is 4.15. The van der Waals surface area contributed by atoms with E-state index in [2.05, 4.69) is 20.1 Å². The number of aliphatic hydroxyl groups excluding tert-OH is 1. The number of amides is 1. The number of hydrogen-bond donors (Lipinski definition) is 2. The molecule has 0 unspecified atom stereocenters. The van der Waals surface area contributed by atoms with E-state index in [0.717, 1.165) is 19.4 Å². The van der Waals surface area contributed by atoms with Crippen molar-refractivity contribution in [3.63, 3.8) is 0 Å². The summed E-state index contributed by atoms with van der Waals surface area (Å²) in [7, 11) is 1.10. The molecule has 0 radical (unpaired) electrons. The summed E-state index contributed by atoms with van der Waals surface area (Å²) in [5.74, 6) is -2.30. The van der Waals surface area contributed by atoms with Crippen LogP contribution in [0.2, 0.25) is 5.02 Å². The van der Waals surface area contributed by atoms with Crippen molar-refractivity contribution in [2.24, 2.45) is 0 Å². The topological polar surface area (TPSA) is 116 Å². The van der Waals surface area contributed by atoms with E-state index >= 15 is 0 Å². The Morgan fingerprint density at radius 2 is 1.97 bits per heavy atom. The Morgan fingerprint density at radius 1 is 1.21 bits per heavy atom. The maximum absolute atomic E-state index is 14.3. The fraction of sp³-hybridized carbons (Fsp3) is 0.259. The van der Waals surface area contributed by atoms with Crippen molar-refractivity contribution in [2.45, 2.75) is 39.0 Å². The van der Waals surface area contributed by atoms with Crippen LogP contribution in [0.25, 0.3) is 16.6 Å². The summed E-state index contributed by atoms with van der Waals surface area (Å²) in [6, 6.07) is 8.65. The minimum absolute atomic E-state index is 0.0813. The number of esters is 1. The Hall–Kier alpha value is -4.09. The van der Waals surface area contributed by atoms with Crippen LogP contribution in [-0.4, -0.2) is 45.0 Å². The minimum Gasteiger partial charge on any atom is -0.487 e. The number of aryl methyl sites for hydroxylation is 1. The van der Waals surface area contributed by atoms with Gasteiger partial charge in [-0.2, -0.15) is 5.10 Å². The minimum atomic E-state index is -1.63. The number of aromatic nitrogens is 3. The second-order valence-electron chi connectivity index (χ2n) is 8.81. The zero-order valence-corrected chi connectivity index (χ0v) is 22.0. The molecule has 204 valence electrons. The quantitative estimate of drug-likeness (QED) is 0.294. The number of nitrogens with one attached hydrogen (secondary N) is 1. The van der Waals surface area contributed by atoms with E-state index in [1.807, 2.05) is 0 Å². The molecular weight excluding hydrogens is 534 g/mol. The number of hydrogen-bond acceptors (Lipinski definition) is 7. The Kier molecular flexibility index (Phi) is 8.41. The lowest BCUT2D eigenvalue weighted by atomic mass is 10.0. The first-order chi connectivity index (χ1) is 18.6. The number of benzene rings is 2. The molecule has 9 nitrogen and oxygen atoms in total. The van der Waals surface area contributed by atoms with Crippen molar-refractivity contribution in [3.05, 3.63) is 82.3 Å². The van der Waals surface area contributed by atoms with Crippen LogP contribution >= 0.6 is 11.6 Å². The summed E-state index contributed by atoms with van der Waals surface area (Å²) in [4.78, 5) is 28.4. The number of aliphatic hydroxyl groups is 1. The van der Waals surface area contributed by atoms with Crippen LogP contribution in [0.15, 0.2) is 48.8 Å². The first-order valence-corrected chi connectivity index (χ1v) is 12.2. The number of fused-ring (bicyclic) bond motifs is 1. The number of para-hydroxylation sites is 1. The molecule has 0 bridgehead atoms. The smallest absolute Gasteiger partial charge is 0.335 e. The predicted octanol–water partition coefficient (Wildman–Crippen LogP) is 4.34. The molecule has 1 amide bonds. The molecule has 4 rings (SSSR count). The molecule has 12 heteroatoms. The van der Waals surface area contributed by atoms with E-state index in [4.69, 9.17) is 16.3 Å². The number of carbonyl (C=O) groups is 2. The fourth-order valence-corrected chi connectivity index (χ4v) is 4.42. The van der Waals surface area contributed by atoms with E-state index < -0.39 is 42.1 Å². The van der Waals surface area contributed by atoms with Gasteiger partial charge in [-0.25, -0.2) is 23.2 Å². The number of methoxy groups -OCH3 is 1. The molecule has 0 spiro atoms. The van der Waals surface area contributed by atoms with Crippen molar-refractivity contribution < 1.29 is 33.0 Å². The highest BCUT2D eigenvalue weighted by molar-refractivity contribution is 6.31. The number of rotatable bonds is 9. The molecule has 4 aromatic rings. The van der Waals surface area contributed by atoms with E-state index in [1.54, 1.807) is 38.1 Å². The Morgan fingerprint density at radius 3 is 2.67 bits per heavy atom. The number of pyridine rings is 1. The average Bonchev–Trinajstić information content (AvgIpc) is 3.32. The van der Waals surface area contributed by atoms with Gasteiger partial charge in [0.15, 0.2) is 11.9 Å². The first-order valence-electron chi connectivity index (χ1n) is 11.8. The van der Waals surface area contributed by atoms with Gasteiger partial charge in [0.1, 0.15) is 23.7 Å². The molecule has 0 saturated carbocycles. The van der Waals surface area contributed by atoms with Gasteiger partial charge in [-0.15, -0.1) is 0 Å². The molecular formula is C27H25ClF2N4O5. The van der Waals surface area contributed by atoms with Crippen LogP contribution in [0.1, 0.15) is 36.2 Å². The van der Waals surface area contributed by atoms with Crippen LogP contribution in [-0.2, 0) is 20.9 Å². The summed E-state index contributed by atoms with van der Waals surface area (Å²) < 4.78 is 39.9. The summed E-state index contributed by atoms with van der Waals surface area (Å²) >= 11 is 6.38. The van der Waals surface area contributed by atoms with Gasteiger partial charge in [0, 0.05) is 16.6 Å². The zero-order valence-electron chi connectivity index (χ0n) is 21.2. The molecule has 2 N–H and O–H groups in total. The number of nitrogens with zero attached hydrogens (tertiary/aromatic N) is 3. The highest BCUT2D eigenvalue weighted by Gasteiger charge is 2.23. The third-order valence-electron chi connectivity index (χ3n) is 5.97.